The van der Waals surface area contributed by atoms with Crippen molar-refractivity contribution >= 4 is 11.7 Å². The molecule has 0 radical (unpaired) electrons. The third-order valence-corrected chi connectivity index (χ3v) is 2.04. The van der Waals surface area contributed by atoms with Gasteiger partial charge in [-0.25, -0.2) is 4.79 Å². The second-order valence-corrected chi connectivity index (χ2v) is 3.06. The standard InChI is InChI=1S/C11H19NO2/c1-5-6-7-8-10(9(2)12-3)11(13)14-4/h8H,5-7H2,1-4H3/b10-8+,12-9+. The van der Waals surface area contributed by atoms with Gasteiger partial charge in [0.1, 0.15) is 0 Å². The van der Waals surface area contributed by atoms with Gasteiger partial charge in [-0.1, -0.05) is 25.8 Å². The first-order valence-corrected chi connectivity index (χ1v) is 4.89. The number of aliphatic imine (C=N–C) groups is 1. The average molecular weight is 197 g/mol. The maximum atomic E-state index is 11.3. The lowest BCUT2D eigenvalue weighted by Crippen LogP contribution is -2.12. The molecule has 0 fully saturated rings. The summed E-state index contributed by atoms with van der Waals surface area (Å²) in [7, 11) is 3.06. The number of allylic oxidation sites excluding steroid dienone is 1. The zero-order valence-electron chi connectivity index (χ0n) is 9.46. The van der Waals surface area contributed by atoms with E-state index in [4.69, 9.17) is 0 Å². The molecule has 0 unspecified atom stereocenters. The zero-order chi connectivity index (χ0) is 11.0. The van der Waals surface area contributed by atoms with Crippen molar-refractivity contribution < 1.29 is 9.53 Å². The lowest BCUT2D eigenvalue weighted by atomic mass is 10.1. The van der Waals surface area contributed by atoms with E-state index in [0.29, 0.717) is 5.57 Å². The number of hydrogen-bond acceptors (Lipinski definition) is 3. The van der Waals surface area contributed by atoms with Crippen LogP contribution in [-0.4, -0.2) is 25.8 Å². The Morgan fingerprint density at radius 3 is 2.57 bits per heavy atom. The summed E-state index contributed by atoms with van der Waals surface area (Å²) >= 11 is 0. The van der Waals surface area contributed by atoms with Gasteiger partial charge in [0.05, 0.1) is 12.7 Å². The summed E-state index contributed by atoms with van der Waals surface area (Å²) in [6.07, 6.45) is 5.00. The van der Waals surface area contributed by atoms with Crippen molar-refractivity contribution in [2.24, 2.45) is 4.99 Å². The van der Waals surface area contributed by atoms with E-state index in [0.717, 1.165) is 25.0 Å². The van der Waals surface area contributed by atoms with E-state index in [1.165, 1.54) is 7.11 Å². The second-order valence-electron chi connectivity index (χ2n) is 3.06. The minimum absolute atomic E-state index is 0.302. The summed E-state index contributed by atoms with van der Waals surface area (Å²) in [6.45, 7) is 3.93. The fourth-order valence-electron chi connectivity index (χ4n) is 1.06. The van der Waals surface area contributed by atoms with E-state index in [2.05, 4.69) is 16.7 Å². The van der Waals surface area contributed by atoms with Gasteiger partial charge in [-0.3, -0.25) is 4.99 Å². The third-order valence-electron chi connectivity index (χ3n) is 2.04. The molecule has 0 aromatic heterocycles. The van der Waals surface area contributed by atoms with Crippen LogP contribution in [0.4, 0.5) is 0 Å². The molecule has 14 heavy (non-hydrogen) atoms. The van der Waals surface area contributed by atoms with Gasteiger partial charge in [-0.2, -0.15) is 0 Å². The van der Waals surface area contributed by atoms with Crippen LogP contribution in [-0.2, 0) is 9.53 Å². The van der Waals surface area contributed by atoms with Crippen LogP contribution >= 0.6 is 0 Å². The molecule has 0 atom stereocenters. The average Bonchev–Trinajstić information content (AvgIpc) is 2.22. The number of hydrogen-bond donors (Lipinski definition) is 0. The molecular formula is C11H19NO2. The zero-order valence-corrected chi connectivity index (χ0v) is 9.46. The summed E-state index contributed by atoms with van der Waals surface area (Å²) in [5.41, 5.74) is 1.32. The van der Waals surface area contributed by atoms with Crippen molar-refractivity contribution in [3.8, 4) is 0 Å². The molecule has 0 bridgehead atoms. The molecule has 3 heteroatoms. The maximum Gasteiger partial charge on any atom is 0.339 e. The van der Waals surface area contributed by atoms with Gasteiger partial charge in [0.15, 0.2) is 0 Å². The first kappa shape index (κ1) is 12.9. The topological polar surface area (TPSA) is 38.7 Å². The van der Waals surface area contributed by atoms with Crippen molar-refractivity contribution in [1.82, 2.24) is 0 Å². The predicted molar refractivity (Wildman–Crippen MR) is 58.7 cm³/mol. The van der Waals surface area contributed by atoms with Gasteiger partial charge >= 0.3 is 5.97 Å². The summed E-state index contributed by atoms with van der Waals surface area (Å²) < 4.78 is 4.68. The molecule has 0 saturated heterocycles. The van der Waals surface area contributed by atoms with Crippen LogP contribution in [0.25, 0.3) is 0 Å². The number of ether oxygens (including phenoxy) is 1. The quantitative estimate of drug-likeness (QED) is 0.294. The molecule has 0 aromatic carbocycles. The highest BCUT2D eigenvalue weighted by atomic mass is 16.5. The molecule has 0 aliphatic carbocycles. The molecule has 0 heterocycles. The molecular weight excluding hydrogens is 178 g/mol. The number of rotatable bonds is 5. The van der Waals surface area contributed by atoms with Crippen LogP contribution in [0.15, 0.2) is 16.6 Å². The molecule has 0 saturated carbocycles. The third kappa shape index (κ3) is 4.21. The van der Waals surface area contributed by atoms with E-state index in [1.54, 1.807) is 7.05 Å². The van der Waals surface area contributed by atoms with E-state index >= 15 is 0 Å². The van der Waals surface area contributed by atoms with E-state index in [-0.39, 0.29) is 5.97 Å². The largest absolute Gasteiger partial charge is 0.465 e. The Morgan fingerprint density at radius 1 is 1.50 bits per heavy atom. The Labute approximate surface area is 85.9 Å². The van der Waals surface area contributed by atoms with Gasteiger partial charge in [-0.05, 0) is 13.3 Å². The van der Waals surface area contributed by atoms with Crippen LogP contribution in [0.2, 0.25) is 0 Å². The summed E-state index contributed by atoms with van der Waals surface area (Å²) in [6, 6.07) is 0. The van der Waals surface area contributed by atoms with Gasteiger partial charge in [0.2, 0.25) is 0 Å². The molecule has 80 valence electrons. The van der Waals surface area contributed by atoms with Gasteiger partial charge in [0, 0.05) is 12.8 Å². The Balaban J connectivity index is 4.55. The number of unbranched alkanes of at least 4 members (excludes halogenated alkanes) is 2. The van der Waals surface area contributed by atoms with Gasteiger partial charge in [0.25, 0.3) is 0 Å². The van der Waals surface area contributed by atoms with Crippen molar-refractivity contribution in [3.63, 3.8) is 0 Å². The second kappa shape index (κ2) is 7.30. The van der Waals surface area contributed by atoms with Crippen LogP contribution in [0.5, 0.6) is 0 Å². The lowest BCUT2D eigenvalue weighted by Gasteiger charge is -2.04. The molecule has 3 nitrogen and oxygen atoms in total. The van der Waals surface area contributed by atoms with E-state index in [9.17, 15) is 4.79 Å². The fraction of sp³-hybridized carbons (Fsp3) is 0.636. The monoisotopic (exact) mass is 197 g/mol. The van der Waals surface area contributed by atoms with E-state index < -0.39 is 0 Å². The highest BCUT2D eigenvalue weighted by molar-refractivity contribution is 6.18. The van der Waals surface area contributed by atoms with Crippen LogP contribution in [0.1, 0.15) is 33.1 Å². The highest BCUT2D eigenvalue weighted by Crippen LogP contribution is 2.05. The van der Waals surface area contributed by atoms with Gasteiger partial charge in [-0.15, -0.1) is 0 Å². The SMILES string of the molecule is CCCC/C=C(C(=O)OC)\C(C)=N\C. The first-order valence-electron chi connectivity index (χ1n) is 4.89. The first-order chi connectivity index (χ1) is 6.67. The number of carbonyl (C=O) groups is 1. The van der Waals surface area contributed by atoms with Crippen molar-refractivity contribution in [2.75, 3.05) is 14.2 Å². The summed E-state index contributed by atoms with van der Waals surface area (Å²) in [5, 5.41) is 0. The lowest BCUT2D eigenvalue weighted by molar-refractivity contribution is -0.135. The molecule has 0 spiro atoms. The highest BCUT2D eigenvalue weighted by Gasteiger charge is 2.11. The molecule has 0 aromatic rings. The predicted octanol–water partition coefficient (Wildman–Crippen LogP) is 2.37. The molecule has 0 N–H and O–H groups in total. The minimum atomic E-state index is -0.302. The van der Waals surface area contributed by atoms with Crippen molar-refractivity contribution in [3.05, 3.63) is 11.6 Å². The maximum absolute atomic E-state index is 11.3. The fourth-order valence-corrected chi connectivity index (χ4v) is 1.06. The summed E-state index contributed by atoms with van der Waals surface area (Å²) in [5.74, 6) is -0.302. The molecule has 0 rings (SSSR count). The van der Waals surface area contributed by atoms with Crippen LogP contribution in [0, 0.1) is 0 Å². The Morgan fingerprint density at radius 2 is 2.14 bits per heavy atom. The Kier molecular flexibility index (Phi) is 6.72. The smallest absolute Gasteiger partial charge is 0.339 e. The number of carbonyl (C=O) groups excluding carboxylic acids is 1. The normalized spacial score (nSPS) is 12.9. The Hall–Kier alpha value is -1.12. The number of esters is 1. The minimum Gasteiger partial charge on any atom is -0.465 e. The summed E-state index contributed by atoms with van der Waals surface area (Å²) in [4.78, 5) is 15.3. The van der Waals surface area contributed by atoms with Gasteiger partial charge < -0.3 is 4.74 Å². The van der Waals surface area contributed by atoms with Crippen LogP contribution < -0.4 is 0 Å². The van der Waals surface area contributed by atoms with Crippen LogP contribution in [0.3, 0.4) is 0 Å². The molecule has 0 amide bonds. The Bertz CT molecular complexity index is 242. The molecule has 0 aliphatic heterocycles. The van der Waals surface area contributed by atoms with Crippen molar-refractivity contribution in [2.45, 2.75) is 33.1 Å². The number of nitrogens with zero attached hydrogens (tertiary/aromatic N) is 1. The number of methoxy groups -OCH3 is 1. The van der Waals surface area contributed by atoms with Crippen molar-refractivity contribution in [1.29, 1.82) is 0 Å². The van der Waals surface area contributed by atoms with E-state index in [1.807, 2.05) is 13.0 Å². The molecule has 0 aliphatic rings.